The number of hydrogen-bond donors (Lipinski definition) is 2. The standard InChI is InChI=1S/C21H30F2O10S2/c1-6-20(27,7-2)12-11-15-13(33-19(11)26)14(16(12)34-15)32-18(25)9(4)8(3)17(24)31-10(5)21(22,23)35(28,29)30/h8-16,27H,6-7H2,1-5H3,(H,28,29,30). The molecule has 0 aliphatic carbocycles. The highest BCUT2D eigenvalue weighted by molar-refractivity contribution is 8.01. The maximum absolute atomic E-state index is 13.7. The van der Waals surface area contributed by atoms with Gasteiger partial charge in [-0.3, -0.25) is 18.9 Å². The topological polar surface area (TPSA) is 154 Å². The van der Waals surface area contributed by atoms with E-state index in [1.54, 1.807) is 13.8 Å². The van der Waals surface area contributed by atoms with Gasteiger partial charge in [0.05, 0.1) is 33.9 Å². The molecule has 0 amide bonds. The third kappa shape index (κ3) is 4.55. The average molecular weight is 545 g/mol. The Morgan fingerprint density at radius 2 is 1.66 bits per heavy atom. The van der Waals surface area contributed by atoms with Crippen molar-refractivity contribution < 1.29 is 55.5 Å². The first-order chi connectivity index (χ1) is 16.0. The molecule has 0 aromatic carbocycles. The molecule has 3 aliphatic heterocycles. The second kappa shape index (κ2) is 9.42. The highest BCUT2D eigenvalue weighted by Crippen LogP contribution is 2.62. The fourth-order valence-electron chi connectivity index (χ4n) is 5.03. The zero-order chi connectivity index (χ0) is 26.7. The van der Waals surface area contributed by atoms with Gasteiger partial charge in [-0.2, -0.15) is 17.2 Å². The van der Waals surface area contributed by atoms with Crippen LogP contribution in [0.25, 0.3) is 0 Å². The minimum Gasteiger partial charge on any atom is -0.457 e. The van der Waals surface area contributed by atoms with Gasteiger partial charge in [-0.15, -0.1) is 11.8 Å². The molecule has 0 aromatic rings. The van der Waals surface area contributed by atoms with Crippen molar-refractivity contribution in [2.45, 2.75) is 87.1 Å². The van der Waals surface area contributed by atoms with Crippen LogP contribution in [0.3, 0.4) is 0 Å². The van der Waals surface area contributed by atoms with Gasteiger partial charge in [-0.1, -0.05) is 27.7 Å². The maximum Gasteiger partial charge on any atom is 0.405 e. The summed E-state index contributed by atoms with van der Waals surface area (Å²) in [6, 6.07) is 0. The minimum absolute atomic E-state index is 0.277. The molecule has 0 saturated carbocycles. The van der Waals surface area contributed by atoms with Gasteiger partial charge in [-0.05, 0) is 19.8 Å². The van der Waals surface area contributed by atoms with Crippen molar-refractivity contribution in [3.05, 3.63) is 0 Å². The summed E-state index contributed by atoms with van der Waals surface area (Å²) in [6.45, 7) is 6.75. The Balaban J connectivity index is 1.70. The summed E-state index contributed by atoms with van der Waals surface area (Å²) in [7, 11) is -5.83. The molecule has 0 radical (unpaired) electrons. The zero-order valence-electron chi connectivity index (χ0n) is 19.8. The number of ether oxygens (including phenoxy) is 3. The number of esters is 3. The molecule has 3 rings (SSSR count). The molecule has 14 heteroatoms. The number of aliphatic hydroxyl groups is 1. The van der Waals surface area contributed by atoms with Crippen LogP contribution in [0.15, 0.2) is 0 Å². The molecule has 200 valence electrons. The van der Waals surface area contributed by atoms with Crippen LogP contribution in [0.1, 0.15) is 47.5 Å². The number of hydrogen-bond acceptors (Lipinski definition) is 10. The fourth-order valence-corrected chi connectivity index (χ4v) is 7.63. The van der Waals surface area contributed by atoms with Gasteiger partial charge in [0.2, 0.25) is 0 Å². The molecule has 0 spiro atoms. The minimum atomic E-state index is -5.83. The van der Waals surface area contributed by atoms with Crippen LogP contribution in [0, 0.1) is 23.7 Å². The first kappa shape index (κ1) is 28.1. The summed E-state index contributed by atoms with van der Waals surface area (Å²) in [5.41, 5.74) is -1.16. The third-order valence-corrected chi connectivity index (χ3v) is 10.4. The SMILES string of the molecule is CCC(O)(CC)C1C2SC3C(OC(=O)C31)C2OC(=O)C(C)C(C)C(=O)OC(C)C(F)(F)S(=O)(=O)O. The lowest BCUT2D eigenvalue weighted by Crippen LogP contribution is -2.54. The summed E-state index contributed by atoms with van der Waals surface area (Å²) < 4.78 is 73.4. The van der Waals surface area contributed by atoms with Gasteiger partial charge < -0.3 is 19.3 Å². The van der Waals surface area contributed by atoms with Crippen molar-refractivity contribution in [3.8, 4) is 0 Å². The van der Waals surface area contributed by atoms with E-state index in [0.717, 1.165) is 0 Å². The Hall–Kier alpha value is -1.51. The first-order valence-corrected chi connectivity index (χ1v) is 13.7. The van der Waals surface area contributed by atoms with Crippen LogP contribution >= 0.6 is 11.8 Å². The van der Waals surface area contributed by atoms with Gasteiger partial charge in [0, 0.05) is 5.92 Å². The summed E-state index contributed by atoms with van der Waals surface area (Å²) >= 11 is 1.43. The third-order valence-electron chi connectivity index (χ3n) is 7.61. The molecular weight excluding hydrogens is 514 g/mol. The van der Waals surface area contributed by atoms with Crippen LogP contribution < -0.4 is 0 Å². The lowest BCUT2D eigenvalue weighted by Gasteiger charge is -2.40. The number of thioether (sulfide) groups is 1. The molecule has 3 saturated heterocycles. The Morgan fingerprint density at radius 1 is 1.11 bits per heavy atom. The van der Waals surface area contributed by atoms with E-state index in [1.807, 2.05) is 0 Å². The second-order valence-electron chi connectivity index (χ2n) is 9.42. The van der Waals surface area contributed by atoms with E-state index in [9.17, 15) is 36.7 Å². The predicted molar refractivity (Wildman–Crippen MR) is 118 cm³/mol. The molecule has 3 aliphatic rings. The van der Waals surface area contributed by atoms with Gasteiger partial charge in [0.15, 0.2) is 18.3 Å². The van der Waals surface area contributed by atoms with E-state index in [4.69, 9.17) is 14.0 Å². The normalized spacial score (nSPS) is 32.7. The van der Waals surface area contributed by atoms with Gasteiger partial charge in [0.1, 0.15) is 0 Å². The van der Waals surface area contributed by atoms with Crippen LogP contribution in [0.4, 0.5) is 8.78 Å². The smallest absolute Gasteiger partial charge is 0.405 e. The lowest BCUT2D eigenvalue weighted by atomic mass is 9.67. The molecule has 3 fully saturated rings. The van der Waals surface area contributed by atoms with E-state index in [0.29, 0.717) is 19.8 Å². The van der Waals surface area contributed by atoms with Gasteiger partial charge in [-0.25, -0.2) is 0 Å². The molecule has 9 atom stereocenters. The molecule has 3 heterocycles. The van der Waals surface area contributed by atoms with E-state index in [2.05, 4.69) is 4.74 Å². The molecular formula is C21H30F2O10S2. The van der Waals surface area contributed by atoms with Crippen LogP contribution in [0.2, 0.25) is 0 Å². The van der Waals surface area contributed by atoms with E-state index in [1.165, 1.54) is 25.6 Å². The second-order valence-corrected chi connectivity index (χ2v) is 12.3. The number of carbonyl (C=O) groups excluding carboxylic acids is 3. The summed E-state index contributed by atoms with van der Waals surface area (Å²) in [5, 5.41) is 5.76. The lowest BCUT2D eigenvalue weighted by molar-refractivity contribution is -0.174. The quantitative estimate of drug-likeness (QED) is 0.235. The molecule has 2 bridgehead atoms. The largest absolute Gasteiger partial charge is 0.457 e. The number of alkyl halides is 2. The van der Waals surface area contributed by atoms with Crippen LogP contribution in [-0.4, -0.2) is 75.7 Å². The monoisotopic (exact) mass is 544 g/mol. The highest BCUT2D eigenvalue weighted by Gasteiger charge is 2.72. The van der Waals surface area contributed by atoms with Crippen molar-refractivity contribution in [2.24, 2.45) is 23.7 Å². The van der Waals surface area contributed by atoms with Gasteiger partial charge >= 0.3 is 33.3 Å². The summed E-state index contributed by atoms with van der Waals surface area (Å²) in [6.07, 6.45) is -3.28. The summed E-state index contributed by atoms with van der Waals surface area (Å²) in [5.74, 6) is -6.07. The Bertz CT molecular complexity index is 983. The average Bonchev–Trinajstić information content (AvgIpc) is 3.40. The molecule has 9 unspecified atom stereocenters. The van der Waals surface area contributed by atoms with E-state index >= 15 is 0 Å². The van der Waals surface area contributed by atoms with Crippen molar-refractivity contribution in [2.75, 3.05) is 0 Å². The van der Waals surface area contributed by atoms with Gasteiger partial charge in [0.25, 0.3) is 0 Å². The number of rotatable bonds is 10. The Kier molecular flexibility index (Phi) is 7.55. The van der Waals surface area contributed by atoms with Crippen molar-refractivity contribution in [1.29, 1.82) is 0 Å². The van der Waals surface area contributed by atoms with Crippen molar-refractivity contribution in [1.82, 2.24) is 0 Å². The molecule has 10 nitrogen and oxygen atoms in total. The first-order valence-electron chi connectivity index (χ1n) is 11.4. The number of carbonyl (C=O) groups is 3. The Labute approximate surface area is 206 Å². The zero-order valence-corrected chi connectivity index (χ0v) is 21.5. The van der Waals surface area contributed by atoms with E-state index in [-0.39, 0.29) is 5.25 Å². The van der Waals surface area contributed by atoms with Crippen LogP contribution in [0.5, 0.6) is 0 Å². The molecule has 2 N–H and O–H groups in total. The number of halogens is 2. The summed E-state index contributed by atoms with van der Waals surface area (Å²) in [4.78, 5) is 37.7. The molecule has 35 heavy (non-hydrogen) atoms. The highest BCUT2D eigenvalue weighted by atomic mass is 32.2. The van der Waals surface area contributed by atoms with Crippen LogP contribution in [-0.2, 0) is 38.7 Å². The number of fused-ring (bicyclic) bond motifs is 1. The fraction of sp³-hybridized carbons (Fsp3) is 0.857. The Morgan fingerprint density at radius 3 is 2.17 bits per heavy atom. The maximum atomic E-state index is 13.7. The van der Waals surface area contributed by atoms with Crippen molar-refractivity contribution >= 4 is 39.8 Å². The van der Waals surface area contributed by atoms with Crippen molar-refractivity contribution in [3.63, 3.8) is 0 Å². The predicted octanol–water partition coefficient (Wildman–Crippen LogP) is 1.79. The molecule has 0 aromatic heterocycles. The van der Waals surface area contributed by atoms with E-state index < -0.39 is 86.1 Å².